The Morgan fingerprint density at radius 1 is 1.10 bits per heavy atom. The van der Waals surface area contributed by atoms with Crippen molar-refractivity contribution < 1.29 is 4.74 Å². The third-order valence-corrected chi connectivity index (χ3v) is 5.92. The Bertz CT molecular complexity index is 689. The van der Waals surface area contributed by atoms with Gasteiger partial charge in [-0.2, -0.15) is 11.8 Å². The van der Waals surface area contributed by atoms with Gasteiger partial charge in [-0.15, -0.1) is 0 Å². The number of hydrogen-bond donors (Lipinski definition) is 0. The maximum atomic E-state index is 5.65. The Kier molecular flexibility index (Phi) is 2.99. The predicted molar refractivity (Wildman–Crippen MR) is 87.5 cm³/mol. The van der Waals surface area contributed by atoms with Crippen LogP contribution in [0.2, 0.25) is 0 Å². The molecule has 1 fully saturated rings. The molecule has 102 valence electrons. The third kappa shape index (κ3) is 1.94. The molecule has 1 saturated heterocycles. The van der Waals surface area contributed by atoms with Gasteiger partial charge in [0.25, 0.3) is 0 Å². The van der Waals surface area contributed by atoms with Crippen molar-refractivity contribution in [3.63, 3.8) is 0 Å². The zero-order chi connectivity index (χ0) is 13.5. The molecule has 0 amide bonds. The molecule has 2 aliphatic heterocycles. The number of methoxy groups -OCH3 is 1. The molecule has 2 aliphatic rings. The first kappa shape index (κ1) is 12.3. The maximum Gasteiger partial charge on any atom is 0.126 e. The van der Waals surface area contributed by atoms with E-state index >= 15 is 0 Å². The van der Waals surface area contributed by atoms with Crippen molar-refractivity contribution in [3.8, 4) is 5.75 Å². The van der Waals surface area contributed by atoms with Gasteiger partial charge in [0, 0.05) is 16.1 Å². The Morgan fingerprint density at radius 3 is 2.85 bits per heavy atom. The van der Waals surface area contributed by atoms with Crippen LogP contribution in [-0.2, 0) is 0 Å². The van der Waals surface area contributed by atoms with Crippen molar-refractivity contribution >= 4 is 28.1 Å². The number of allylic oxidation sites excluding steroid dienone is 1. The second-order valence-corrected chi connectivity index (χ2v) is 7.18. The van der Waals surface area contributed by atoms with Gasteiger partial charge in [0.1, 0.15) is 5.75 Å². The van der Waals surface area contributed by atoms with Crippen molar-refractivity contribution in [2.45, 2.75) is 29.8 Å². The molecule has 0 spiro atoms. The molecule has 20 heavy (non-hydrogen) atoms. The Hall–Kier alpha value is -1.41. The fourth-order valence-corrected chi connectivity index (χ4v) is 5.04. The molecular weight excluding hydrogens is 264 g/mol. The lowest BCUT2D eigenvalue weighted by Gasteiger charge is -2.22. The van der Waals surface area contributed by atoms with Crippen LogP contribution in [0.5, 0.6) is 5.75 Å². The van der Waals surface area contributed by atoms with E-state index in [9.17, 15) is 0 Å². The smallest absolute Gasteiger partial charge is 0.126 e. The zero-order valence-electron chi connectivity index (χ0n) is 11.6. The van der Waals surface area contributed by atoms with Crippen molar-refractivity contribution in [1.29, 1.82) is 0 Å². The van der Waals surface area contributed by atoms with E-state index in [1.165, 1.54) is 41.2 Å². The average Bonchev–Trinajstić information content (AvgIpc) is 2.84. The summed E-state index contributed by atoms with van der Waals surface area (Å²) in [6.07, 6.45) is 6.37. The van der Waals surface area contributed by atoms with Crippen LogP contribution in [0.4, 0.5) is 0 Å². The molecule has 2 aromatic rings. The van der Waals surface area contributed by atoms with Gasteiger partial charge >= 0.3 is 0 Å². The Labute approximate surface area is 124 Å². The monoisotopic (exact) mass is 282 g/mol. The lowest BCUT2D eigenvalue weighted by atomic mass is 9.94. The summed E-state index contributed by atoms with van der Waals surface area (Å²) < 4.78 is 5.65. The number of ether oxygens (including phenoxy) is 1. The minimum atomic E-state index is 0.715. The van der Waals surface area contributed by atoms with Crippen LogP contribution in [0, 0.1) is 0 Å². The zero-order valence-corrected chi connectivity index (χ0v) is 12.5. The van der Waals surface area contributed by atoms with E-state index < -0.39 is 0 Å². The highest BCUT2D eigenvalue weighted by atomic mass is 32.2. The van der Waals surface area contributed by atoms with Crippen molar-refractivity contribution in [2.24, 2.45) is 0 Å². The Morgan fingerprint density at radius 2 is 2.00 bits per heavy atom. The molecule has 2 heterocycles. The first-order valence-electron chi connectivity index (χ1n) is 7.27. The largest absolute Gasteiger partial charge is 0.496 e. The van der Waals surface area contributed by atoms with Crippen LogP contribution >= 0.6 is 11.8 Å². The summed E-state index contributed by atoms with van der Waals surface area (Å²) >= 11 is 2.15. The fourth-order valence-electron chi connectivity index (χ4n) is 3.48. The Balaban J connectivity index is 1.93. The molecular formula is C18H18OS. The molecule has 2 atom stereocenters. The van der Waals surface area contributed by atoms with Gasteiger partial charge in [-0.3, -0.25) is 0 Å². The van der Waals surface area contributed by atoms with Crippen molar-refractivity contribution in [1.82, 2.24) is 0 Å². The fraction of sp³-hybridized carbons (Fsp3) is 0.333. The summed E-state index contributed by atoms with van der Waals surface area (Å²) in [7, 11) is 1.78. The topological polar surface area (TPSA) is 9.23 Å². The number of fused-ring (bicyclic) bond motifs is 3. The van der Waals surface area contributed by atoms with Gasteiger partial charge in [0.05, 0.1) is 7.11 Å². The van der Waals surface area contributed by atoms with Gasteiger partial charge in [0.2, 0.25) is 0 Å². The molecule has 2 bridgehead atoms. The van der Waals surface area contributed by atoms with E-state index in [2.05, 4.69) is 54.2 Å². The van der Waals surface area contributed by atoms with E-state index in [1.807, 2.05) is 0 Å². The molecule has 2 aromatic carbocycles. The summed E-state index contributed by atoms with van der Waals surface area (Å²) in [5.41, 5.74) is 2.81. The average molecular weight is 282 g/mol. The van der Waals surface area contributed by atoms with E-state index in [-0.39, 0.29) is 0 Å². The van der Waals surface area contributed by atoms with Crippen LogP contribution in [0.15, 0.2) is 42.5 Å². The minimum absolute atomic E-state index is 0.715. The second-order valence-electron chi connectivity index (χ2n) is 5.63. The lowest BCUT2D eigenvalue weighted by molar-refractivity contribution is 0.414. The molecule has 2 heteroatoms. The van der Waals surface area contributed by atoms with Gasteiger partial charge in [-0.1, -0.05) is 36.4 Å². The highest BCUT2D eigenvalue weighted by Gasteiger charge is 2.31. The first-order valence-corrected chi connectivity index (χ1v) is 8.21. The molecule has 0 saturated carbocycles. The number of thioether (sulfide) groups is 1. The van der Waals surface area contributed by atoms with Crippen LogP contribution < -0.4 is 4.74 Å². The minimum Gasteiger partial charge on any atom is -0.496 e. The summed E-state index contributed by atoms with van der Waals surface area (Å²) in [6, 6.07) is 12.9. The SMILES string of the molecule is COc1ccc2ccccc2c1C1=CC2CCC(C1)S2. The lowest BCUT2D eigenvalue weighted by Crippen LogP contribution is -2.06. The highest BCUT2D eigenvalue weighted by Crippen LogP contribution is 2.47. The standard InChI is InChI=1S/C18H18OS/c1-19-17-9-6-12-4-2-3-5-16(12)18(17)13-10-14-7-8-15(11-13)20-14/h2-6,9-10,14-15H,7-8,11H2,1H3. The van der Waals surface area contributed by atoms with Crippen molar-refractivity contribution in [2.75, 3.05) is 7.11 Å². The van der Waals surface area contributed by atoms with Gasteiger partial charge in [0.15, 0.2) is 0 Å². The highest BCUT2D eigenvalue weighted by molar-refractivity contribution is 8.01. The van der Waals surface area contributed by atoms with Gasteiger partial charge < -0.3 is 4.74 Å². The second kappa shape index (κ2) is 4.85. The summed E-state index contributed by atoms with van der Waals surface area (Å²) in [4.78, 5) is 0. The third-order valence-electron chi connectivity index (χ3n) is 4.41. The predicted octanol–water partition coefficient (Wildman–Crippen LogP) is 4.90. The number of hydrogen-bond acceptors (Lipinski definition) is 2. The van der Waals surface area contributed by atoms with E-state index in [0.29, 0.717) is 5.25 Å². The van der Waals surface area contributed by atoms with Crippen LogP contribution in [0.3, 0.4) is 0 Å². The summed E-state index contributed by atoms with van der Waals surface area (Å²) in [5, 5.41) is 4.15. The van der Waals surface area contributed by atoms with Crippen LogP contribution in [0.1, 0.15) is 24.8 Å². The molecule has 0 radical (unpaired) electrons. The van der Waals surface area contributed by atoms with Crippen LogP contribution in [-0.4, -0.2) is 17.6 Å². The molecule has 4 rings (SSSR count). The van der Waals surface area contributed by atoms with Gasteiger partial charge in [-0.05, 0) is 41.7 Å². The quantitative estimate of drug-likeness (QED) is 0.775. The van der Waals surface area contributed by atoms with Crippen LogP contribution in [0.25, 0.3) is 16.3 Å². The normalized spacial score (nSPS) is 24.8. The van der Waals surface area contributed by atoms with Gasteiger partial charge in [-0.25, -0.2) is 0 Å². The number of benzene rings is 2. The number of rotatable bonds is 2. The molecule has 0 aliphatic carbocycles. The molecule has 1 nitrogen and oxygen atoms in total. The summed E-state index contributed by atoms with van der Waals surface area (Å²) in [5.74, 6) is 1.02. The summed E-state index contributed by atoms with van der Waals surface area (Å²) in [6.45, 7) is 0. The molecule has 0 aromatic heterocycles. The van der Waals surface area contributed by atoms with Crippen molar-refractivity contribution in [3.05, 3.63) is 48.0 Å². The van der Waals surface area contributed by atoms with E-state index in [0.717, 1.165) is 11.0 Å². The van der Waals surface area contributed by atoms with E-state index in [1.54, 1.807) is 7.11 Å². The molecule has 2 unspecified atom stereocenters. The van der Waals surface area contributed by atoms with E-state index in [4.69, 9.17) is 4.74 Å². The first-order chi connectivity index (χ1) is 9.85. The molecule has 0 N–H and O–H groups in total. The maximum absolute atomic E-state index is 5.65.